The van der Waals surface area contributed by atoms with Crippen molar-refractivity contribution in [3.63, 3.8) is 0 Å². The van der Waals surface area contributed by atoms with Crippen molar-refractivity contribution in [2.75, 3.05) is 13.2 Å². The van der Waals surface area contributed by atoms with Crippen LogP contribution in [0.15, 0.2) is 48.5 Å². The van der Waals surface area contributed by atoms with Gasteiger partial charge in [0.15, 0.2) is 6.61 Å². The number of benzene rings is 2. The van der Waals surface area contributed by atoms with Crippen molar-refractivity contribution >= 4 is 44.8 Å². The van der Waals surface area contributed by atoms with Crippen molar-refractivity contribution in [3.05, 3.63) is 64.0 Å². The third-order valence-corrected chi connectivity index (χ3v) is 6.35. The van der Waals surface area contributed by atoms with Gasteiger partial charge in [-0.15, -0.1) is 11.3 Å². The van der Waals surface area contributed by atoms with E-state index in [1.165, 1.54) is 11.3 Å². The summed E-state index contributed by atoms with van der Waals surface area (Å²) in [7, 11) is 0. The number of hydrogen-bond donors (Lipinski definition) is 2. The van der Waals surface area contributed by atoms with Crippen molar-refractivity contribution in [1.82, 2.24) is 10.6 Å². The minimum atomic E-state index is -0.155. The summed E-state index contributed by atoms with van der Waals surface area (Å²) in [5, 5.41) is 7.24. The molecular weight excluding hydrogens is 408 g/mol. The minimum absolute atomic E-state index is 0.0296. The average molecular weight is 429 g/mol. The molecule has 4 rings (SSSR count). The molecule has 0 spiro atoms. The van der Waals surface area contributed by atoms with Crippen LogP contribution < -0.4 is 15.4 Å². The smallest absolute Gasteiger partial charge is 0.262 e. The van der Waals surface area contributed by atoms with Gasteiger partial charge in [0, 0.05) is 22.7 Å². The maximum Gasteiger partial charge on any atom is 0.262 e. The van der Waals surface area contributed by atoms with E-state index in [1.807, 2.05) is 48.5 Å². The van der Waals surface area contributed by atoms with Gasteiger partial charge in [-0.3, -0.25) is 9.59 Å². The Hall–Kier alpha value is -2.57. The Morgan fingerprint density at radius 3 is 2.59 bits per heavy atom. The molecule has 7 heteroatoms. The molecule has 1 aliphatic carbocycles. The zero-order chi connectivity index (χ0) is 20.2. The zero-order valence-electron chi connectivity index (χ0n) is 15.7. The van der Waals surface area contributed by atoms with Gasteiger partial charge in [-0.2, -0.15) is 0 Å². The van der Waals surface area contributed by atoms with E-state index in [0.29, 0.717) is 34.7 Å². The molecule has 150 valence electrons. The summed E-state index contributed by atoms with van der Waals surface area (Å²) < 4.78 is 6.50. The molecule has 0 aliphatic heterocycles. The van der Waals surface area contributed by atoms with E-state index in [0.717, 1.165) is 28.5 Å². The third-order valence-electron chi connectivity index (χ3n) is 4.68. The Bertz CT molecular complexity index is 1030. The van der Waals surface area contributed by atoms with Crippen LogP contribution in [-0.2, 0) is 11.2 Å². The molecule has 1 aromatic heterocycles. The molecule has 2 aromatic carbocycles. The van der Waals surface area contributed by atoms with Gasteiger partial charge < -0.3 is 15.4 Å². The Morgan fingerprint density at radius 2 is 1.86 bits per heavy atom. The fraction of sp³-hybridized carbons (Fsp3) is 0.273. The van der Waals surface area contributed by atoms with Crippen LogP contribution >= 0.6 is 22.9 Å². The van der Waals surface area contributed by atoms with Gasteiger partial charge >= 0.3 is 0 Å². The topological polar surface area (TPSA) is 67.4 Å². The molecule has 2 amide bonds. The first-order chi connectivity index (χ1) is 14.1. The quantitative estimate of drug-likeness (QED) is 0.565. The number of halogens is 1. The lowest BCUT2D eigenvalue weighted by molar-refractivity contribution is -0.123. The van der Waals surface area contributed by atoms with Crippen LogP contribution in [0.1, 0.15) is 28.1 Å². The summed E-state index contributed by atoms with van der Waals surface area (Å²) in [5.41, 5.74) is 1.07. The van der Waals surface area contributed by atoms with Crippen LogP contribution in [0.5, 0.6) is 5.75 Å². The van der Waals surface area contributed by atoms with Crippen LogP contribution in [0.3, 0.4) is 0 Å². The fourth-order valence-electron chi connectivity index (χ4n) is 2.96. The molecule has 1 aliphatic rings. The maximum atomic E-state index is 12.5. The molecular formula is C22H21ClN2O3S. The first-order valence-electron chi connectivity index (χ1n) is 9.56. The second-order valence-corrected chi connectivity index (χ2v) is 8.45. The number of thiophene rings is 1. The molecule has 3 aromatic rings. The number of nitrogens with one attached hydrogen (secondary N) is 2. The highest BCUT2D eigenvalue weighted by Gasteiger charge is 2.23. The lowest BCUT2D eigenvalue weighted by atomic mass is 10.1. The maximum absolute atomic E-state index is 12.5. The van der Waals surface area contributed by atoms with Gasteiger partial charge in [-0.1, -0.05) is 41.9 Å². The second-order valence-electron chi connectivity index (χ2n) is 7.02. The van der Waals surface area contributed by atoms with Gasteiger partial charge in [0.25, 0.3) is 11.8 Å². The number of carbonyl (C=O) groups is 2. The molecule has 1 saturated carbocycles. The van der Waals surface area contributed by atoms with Gasteiger partial charge in [0.05, 0.1) is 5.02 Å². The number of ether oxygens (including phenoxy) is 1. The average Bonchev–Trinajstić information content (AvgIpc) is 3.48. The number of hydrogen-bond acceptors (Lipinski definition) is 4. The molecule has 0 unspecified atom stereocenters. The van der Waals surface area contributed by atoms with Crippen molar-refractivity contribution in [1.29, 1.82) is 0 Å². The molecule has 29 heavy (non-hydrogen) atoms. The largest absolute Gasteiger partial charge is 0.484 e. The van der Waals surface area contributed by atoms with Crippen LogP contribution in [0.2, 0.25) is 5.02 Å². The van der Waals surface area contributed by atoms with E-state index in [9.17, 15) is 9.59 Å². The first kappa shape index (κ1) is 19.7. The first-order valence-corrected chi connectivity index (χ1v) is 10.8. The van der Waals surface area contributed by atoms with Crippen molar-refractivity contribution in [2.24, 2.45) is 0 Å². The Labute approximate surface area is 178 Å². The van der Waals surface area contributed by atoms with Gasteiger partial charge in [-0.25, -0.2) is 0 Å². The summed E-state index contributed by atoms with van der Waals surface area (Å²) in [6, 6.07) is 15.6. The monoisotopic (exact) mass is 428 g/mol. The molecule has 5 nitrogen and oxygen atoms in total. The van der Waals surface area contributed by atoms with E-state index in [4.69, 9.17) is 16.3 Å². The highest BCUT2D eigenvalue weighted by molar-refractivity contribution is 7.21. The summed E-state index contributed by atoms with van der Waals surface area (Å²) in [5.74, 6) is 0.415. The van der Waals surface area contributed by atoms with E-state index < -0.39 is 0 Å². The zero-order valence-corrected chi connectivity index (χ0v) is 17.3. The Kier molecular flexibility index (Phi) is 6.02. The van der Waals surface area contributed by atoms with Gasteiger partial charge in [0.2, 0.25) is 0 Å². The molecule has 0 radical (unpaired) electrons. The number of fused-ring (bicyclic) bond motifs is 1. The predicted octanol–water partition coefficient (Wildman–Crippen LogP) is 4.18. The molecule has 0 saturated heterocycles. The van der Waals surface area contributed by atoms with E-state index in [1.54, 1.807) is 0 Å². The highest BCUT2D eigenvalue weighted by Crippen LogP contribution is 2.34. The molecule has 0 bridgehead atoms. The van der Waals surface area contributed by atoms with E-state index in [2.05, 4.69) is 10.6 Å². The van der Waals surface area contributed by atoms with Crippen LogP contribution in [0.4, 0.5) is 0 Å². The van der Waals surface area contributed by atoms with Crippen molar-refractivity contribution < 1.29 is 14.3 Å². The lowest BCUT2D eigenvalue weighted by Crippen LogP contribution is -2.30. The molecule has 1 heterocycles. The SMILES string of the molecule is O=C(COc1ccc(CCNC(=O)c2sc3ccccc3c2Cl)cc1)NC1CC1. The van der Waals surface area contributed by atoms with E-state index >= 15 is 0 Å². The predicted molar refractivity (Wildman–Crippen MR) is 116 cm³/mol. The Balaban J connectivity index is 1.25. The number of rotatable bonds is 8. The Morgan fingerprint density at radius 1 is 1.10 bits per heavy atom. The fourth-order valence-corrected chi connectivity index (χ4v) is 4.39. The highest BCUT2D eigenvalue weighted by atomic mass is 35.5. The number of amides is 2. The summed E-state index contributed by atoms with van der Waals surface area (Å²) in [4.78, 5) is 24.7. The van der Waals surface area contributed by atoms with Crippen LogP contribution in [0.25, 0.3) is 10.1 Å². The standard InChI is InChI=1S/C22H21ClN2O3S/c23-20-17-3-1-2-4-18(17)29-21(20)22(27)24-12-11-14-5-9-16(10-6-14)28-13-19(26)25-15-7-8-15/h1-6,9-10,15H,7-8,11-13H2,(H,24,27)(H,25,26). The van der Waals surface area contributed by atoms with Crippen molar-refractivity contribution in [2.45, 2.75) is 25.3 Å². The van der Waals surface area contributed by atoms with Crippen LogP contribution in [0, 0.1) is 0 Å². The van der Waals surface area contributed by atoms with E-state index in [-0.39, 0.29) is 18.4 Å². The number of carbonyl (C=O) groups excluding carboxylic acids is 2. The molecule has 2 N–H and O–H groups in total. The molecule has 1 fully saturated rings. The second kappa shape index (κ2) is 8.84. The van der Waals surface area contributed by atoms with Crippen LogP contribution in [-0.4, -0.2) is 31.0 Å². The molecule has 0 atom stereocenters. The lowest BCUT2D eigenvalue weighted by Gasteiger charge is -2.08. The van der Waals surface area contributed by atoms with Gasteiger partial charge in [-0.05, 0) is 43.0 Å². The normalized spacial score (nSPS) is 13.3. The summed E-state index contributed by atoms with van der Waals surface area (Å²) in [6.07, 6.45) is 2.81. The third kappa shape index (κ3) is 5.08. The van der Waals surface area contributed by atoms with Gasteiger partial charge in [0.1, 0.15) is 10.6 Å². The van der Waals surface area contributed by atoms with Crippen molar-refractivity contribution in [3.8, 4) is 5.75 Å². The summed E-state index contributed by atoms with van der Waals surface area (Å²) >= 11 is 7.76. The minimum Gasteiger partial charge on any atom is -0.484 e. The summed E-state index contributed by atoms with van der Waals surface area (Å²) in [6.45, 7) is 0.537.